The van der Waals surface area contributed by atoms with Crippen LogP contribution in [0.5, 0.6) is 0 Å². The topological polar surface area (TPSA) is 41.6 Å². The summed E-state index contributed by atoms with van der Waals surface area (Å²) in [5.74, 6) is 1.04. The Kier molecular flexibility index (Phi) is 5.67. The maximum Gasteiger partial charge on any atom is 0.222 e. The summed E-state index contributed by atoms with van der Waals surface area (Å²) in [5.41, 5.74) is 0.0786. The van der Waals surface area contributed by atoms with E-state index in [1.54, 1.807) is 0 Å². The van der Waals surface area contributed by atoms with Gasteiger partial charge in [-0.25, -0.2) is 0 Å². The molecule has 4 heteroatoms. The van der Waals surface area contributed by atoms with Gasteiger partial charge in [0.1, 0.15) is 0 Å². The summed E-state index contributed by atoms with van der Waals surface area (Å²) in [7, 11) is 1.97. The highest BCUT2D eigenvalue weighted by Gasteiger charge is 2.51. The van der Waals surface area contributed by atoms with Gasteiger partial charge in [-0.15, -0.1) is 0 Å². The number of hydrogen-bond donors (Lipinski definition) is 1. The summed E-state index contributed by atoms with van der Waals surface area (Å²) in [6.45, 7) is 9.46. The van der Waals surface area contributed by atoms with Gasteiger partial charge in [0.2, 0.25) is 5.91 Å². The molecule has 1 aliphatic heterocycles. The molecule has 2 aliphatic rings. The number of ether oxygens (including phenoxy) is 1. The number of carbonyl (C=O) groups is 1. The van der Waals surface area contributed by atoms with Gasteiger partial charge >= 0.3 is 0 Å². The fraction of sp³-hybridized carbons (Fsp3) is 0.941. The van der Waals surface area contributed by atoms with Crippen LogP contribution in [-0.4, -0.2) is 49.7 Å². The smallest absolute Gasteiger partial charge is 0.222 e. The summed E-state index contributed by atoms with van der Waals surface area (Å²) >= 11 is 0. The Morgan fingerprint density at radius 1 is 1.33 bits per heavy atom. The van der Waals surface area contributed by atoms with Crippen LogP contribution in [0.15, 0.2) is 0 Å². The average Bonchev–Trinajstić information content (AvgIpc) is 2.49. The fourth-order valence-electron chi connectivity index (χ4n) is 3.85. The number of amides is 1. The van der Waals surface area contributed by atoms with Crippen molar-refractivity contribution in [1.29, 1.82) is 0 Å². The monoisotopic (exact) mass is 296 g/mol. The van der Waals surface area contributed by atoms with Gasteiger partial charge in [-0.1, -0.05) is 13.8 Å². The molecule has 21 heavy (non-hydrogen) atoms. The third-order valence-corrected chi connectivity index (χ3v) is 5.58. The third-order valence-electron chi connectivity index (χ3n) is 5.58. The Bertz CT molecular complexity index is 351. The van der Waals surface area contributed by atoms with Crippen LogP contribution in [0.3, 0.4) is 0 Å². The first-order valence-electron chi connectivity index (χ1n) is 8.54. The van der Waals surface area contributed by atoms with Crippen molar-refractivity contribution in [3.05, 3.63) is 0 Å². The van der Waals surface area contributed by atoms with Crippen molar-refractivity contribution in [1.82, 2.24) is 10.2 Å². The fourth-order valence-corrected chi connectivity index (χ4v) is 3.85. The second-order valence-corrected chi connectivity index (χ2v) is 7.25. The molecular weight excluding hydrogens is 264 g/mol. The standard InChI is InChI=1S/C17H32N2O2/c1-5-21-15-12-14(17(15,2)3)19(4)16(20)7-6-13-8-10-18-11-9-13/h13-15,18H,5-12H2,1-4H3/t14-,15+/m1/s1. The van der Waals surface area contributed by atoms with E-state index in [1.807, 2.05) is 18.9 Å². The molecule has 1 N–H and O–H groups in total. The van der Waals surface area contributed by atoms with E-state index in [9.17, 15) is 4.79 Å². The summed E-state index contributed by atoms with van der Waals surface area (Å²) in [4.78, 5) is 14.4. The second-order valence-electron chi connectivity index (χ2n) is 7.25. The van der Waals surface area contributed by atoms with Crippen LogP contribution < -0.4 is 5.32 Å². The predicted octanol–water partition coefficient (Wildman–Crippen LogP) is 2.43. The van der Waals surface area contributed by atoms with Crippen LogP contribution in [0, 0.1) is 11.3 Å². The van der Waals surface area contributed by atoms with Crippen molar-refractivity contribution < 1.29 is 9.53 Å². The normalized spacial score (nSPS) is 29.0. The quantitative estimate of drug-likeness (QED) is 0.818. The minimum atomic E-state index is 0.0786. The number of hydrogen-bond acceptors (Lipinski definition) is 3. The molecule has 0 spiro atoms. The highest BCUT2D eigenvalue weighted by Crippen LogP contribution is 2.45. The highest BCUT2D eigenvalue weighted by molar-refractivity contribution is 5.76. The van der Waals surface area contributed by atoms with E-state index in [1.165, 1.54) is 12.8 Å². The maximum atomic E-state index is 12.4. The summed E-state index contributed by atoms with van der Waals surface area (Å²) in [5, 5.41) is 3.38. The molecule has 4 nitrogen and oxygen atoms in total. The van der Waals surface area contributed by atoms with Gasteiger partial charge < -0.3 is 15.0 Å². The molecule has 2 fully saturated rings. The van der Waals surface area contributed by atoms with Crippen molar-refractivity contribution >= 4 is 5.91 Å². The molecule has 1 saturated carbocycles. The van der Waals surface area contributed by atoms with Gasteiger partial charge in [0.25, 0.3) is 0 Å². The number of piperidine rings is 1. The molecule has 0 aromatic rings. The molecular formula is C17H32N2O2. The van der Waals surface area contributed by atoms with Crippen molar-refractivity contribution in [2.75, 3.05) is 26.7 Å². The lowest BCUT2D eigenvalue weighted by Crippen LogP contribution is -2.62. The van der Waals surface area contributed by atoms with Gasteiger partial charge in [0, 0.05) is 31.5 Å². The van der Waals surface area contributed by atoms with Crippen molar-refractivity contribution in [3.8, 4) is 0 Å². The van der Waals surface area contributed by atoms with Gasteiger partial charge in [0.15, 0.2) is 0 Å². The maximum absolute atomic E-state index is 12.4. The molecule has 2 rings (SSSR count). The van der Waals surface area contributed by atoms with Crippen LogP contribution in [-0.2, 0) is 9.53 Å². The molecule has 0 aromatic carbocycles. The number of carbonyl (C=O) groups excluding carboxylic acids is 1. The van der Waals surface area contributed by atoms with E-state index in [4.69, 9.17) is 4.74 Å². The third kappa shape index (κ3) is 3.78. The van der Waals surface area contributed by atoms with Gasteiger partial charge in [-0.2, -0.15) is 0 Å². The van der Waals surface area contributed by atoms with E-state index in [-0.39, 0.29) is 5.41 Å². The first-order chi connectivity index (χ1) is 9.96. The Morgan fingerprint density at radius 3 is 2.57 bits per heavy atom. The number of nitrogens with zero attached hydrogens (tertiary/aromatic N) is 1. The Hall–Kier alpha value is -0.610. The van der Waals surface area contributed by atoms with Crippen LogP contribution in [0.25, 0.3) is 0 Å². The molecule has 0 radical (unpaired) electrons. The molecule has 1 heterocycles. The summed E-state index contributed by atoms with van der Waals surface area (Å²) in [6, 6.07) is 0.328. The van der Waals surface area contributed by atoms with Crippen molar-refractivity contribution in [3.63, 3.8) is 0 Å². The van der Waals surface area contributed by atoms with E-state index in [0.717, 1.165) is 38.5 Å². The first kappa shape index (κ1) is 16.8. The molecule has 0 bridgehead atoms. The van der Waals surface area contributed by atoms with Crippen LogP contribution in [0.1, 0.15) is 52.9 Å². The van der Waals surface area contributed by atoms with Crippen molar-refractivity contribution in [2.24, 2.45) is 11.3 Å². The largest absolute Gasteiger partial charge is 0.378 e. The number of rotatable bonds is 6. The molecule has 2 atom stereocenters. The highest BCUT2D eigenvalue weighted by atomic mass is 16.5. The molecule has 1 amide bonds. The van der Waals surface area contributed by atoms with Crippen LogP contribution in [0.4, 0.5) is 0 Å². The van der Waals surface area contributed by atoms with Gasteiger partial charge in [-0.05, 0) is 51.6 Å². The Morgan fingerprint density at radius 2 is 2.00 bits per heavy atom. The van der Waals surface area contributed by atoms with Gasteiger partial charge in [-0.3, -0.25) is 4.79 Å². The van der Waals surface area contributed by atoms with E-state index in [2.05, 4.69) is 19.2 Å². The van der Waals surface area contributed by atoms with Crippen LogP contribution >= 0.6 is 0 Å². The first-order valence-corrected chi connectivity index (χ1v) is 8.54. The van der Waals surface area contributed by atoms with Crippen LogP contribution in [0.2, 0.25) is 0 Å². The average molecular weight is 296 g/mol. The zero-order valence-electron chi connectivity index (χ0n) is 14.2. The molecule has 0 unspecified atom stereocenters. The molecule has 1 saturated heterocycles. The summed E-state index contributed by atoms with van der Waals surface area (Å²) in [6.07, 6.45) is 5.47. The summed E-state index contributed by atoms with van der Waals surface area (Å²) < 4.78 is 5.76. The predicted molar refractivity (Wildman–Crippen MR) is 85.2 cm³/mol. The lowest BCUT2D eigenvalue weighted by atomic mass is 9.63. The second kappa shape index (κ2) is 7.10. The Labute approximate surface area is 129 Å². The minimum absolute atomic E-state index is 0.0786. The van der Waals surface area contributed by atoms with Gasteiger partial charge in [0.05, 0.1) is 6.10 Å². The Balaban J connectivity index is 1.77. The van der Waals surface area contributed by atoms with E-state index in [0.29, 0.717) is 24.5 Å². The lowest BCUT2D eigenvalue weighted by Gasteiger charge is -2.54. The molecule has 122 valence electrons. The molecule has 0 aromatic heterocycles. The van der Waals surface area contributed by atoms with Crippen molar-refractivity contribution in [2.45, 2.75) is 65.0 Å². The number of nitrogens with one attached hydrogen (secondary N) is 1. The zero-order valence-corrected chi connectivity index (χ0v) is 14.2. The lowest BCUT2D eigenvalue weighted by molar-refractivity contribution is -0.163. The van der Waals surface area contributed by atoms with E-state index >= 15 is 0 Å². The zero-order chi connectivity index (χ0) is 15.5. The minimum Gasteiger partial charge on any atom is -0.378 e. The van der Waals surface area contributed by atoms with E-state index < -0.39 is 0 Å². The molecule has 1 aliphatic carbocycles. The SMILES string of the molecule is CCO[C@H]1C[C@@H](N(C)C(=O)CCC2CCNCC2)C1(C)C.